The summed E-state index contributed by atoms with van der Waals surface area (Å²) in [5.74, 6) is 0.695. The Bertz CT molecular complexity index is 1230. The normalized spacial score (nSPS) is 14.2. The molecule has 1 aliphatic heterocycles. The number of carbonyl (C=O) groups excluding carboxylic acids is 1. The summed E-state index contributed by atoms with van der Waals surface area (Å²) in [5.41, 5.74) is 1.77. The molecule has 10 heteroatoms. The van der Waals surface area contributed by atoms with E-state index < -0.39 is 16.0 Å². The van der Waals surface area contributed by atoms with Crippen molar-refractivity contribution in [3.63, 3.8) is 0 Å². The van der Waals surface area contributed by atoms with Gasteiger partial charge in [0.2, 0.25) is 10.0 Å². The minimum absolute atomic E-state index is 0.0104. The van der Waals surface area contributed by atoms with Gasteiger partial charge in [-0.2, -0.15) is 4.31 Å². The first-order valence-corrected chi connectivity index (χ1v) is 12.7. The quantitative estimate of drug-likeness (QED) is 0.443. The molecule has 4 rings (SSSR count). The summed E-state index contributed by atoms with van der Waals surface area (Å²) in [7, 11) is -0.365. The van der Waals surface area contributed by atoms with E-state index in [0.717, 1.165) is 23.4 Å². The van der Waals surface area contributed by atoms with E-state index in [-0.39, 0.29) is 17.1 Å². The van der Waals surface area contributed by atoms with Gasteiger partial charge < -0.3 is 14.2 Å². The van der Waals surface area contributed by atoms with Crippen molar-refractivity contribution in [2.24, 2.45) is 0 Å². The lowest BCUT2D eigenvalue weighted by molar-refractivity contribution is 0.0468. The molecule has 8 nitrogen and oxygen atoms in total. The van der Waals surface area contributed by atoms with E-state index in [2.05, 4.69) is 4.98 Å². The smallest absolute Gasteiger partial charge is 0.338 e. The van der Waals surface area contributed by atoms with Gasteiger partial charge in [-0.1, -0.05) is 0 Å². The third kappa shape index (κ3) is 5.02. The molecule has 1 saturated heterocycles. The molecule has 0 saturated carbocycles. The molecular formula is C23H24N2O6S2. The summed E-state index contributed by atoms with van der Waals surface area (Å²) in [5, 5.41) is 2.59. The van der Waals surface area contributed by atoms with E-state index >= 15 is 0 Å². The molecule has 1 aromatic heterocycles. The number of aromatic nitrogens is 1. The maximum Gasteiger partial charge on any atom is 0.338 e. The number of benzene rings is 2. The number of esters is 1. The minimum Gasteiger partial charge on any atom is -0.493 e. The predicted octanol–water partition coefficient (Wildman–Crippen LogP) is 3.97. The summed E-state index contributed by atoms with van der Waals surface area (Å²) in [6, 6.07) is 11.4. The summed E-state index contributed by atoms with van der Waals surface area (Å²) in [6.07, 6.45) is 1.74. The van der Waals surface area contributed by atoms with Crippen LogP contribution in [0, 0.1) is 0 Å². The number of hydrogen-bond donors (Lipinski definition) is 0. The fraction of sp³-hybridized carbons (Fsp3) is 0.304. The zero-order valence-corrected chi connectivity index (χ0v) is 19.9. The topological polar surface area (TPSA) is 95.0 Å². The van der Waals surface area contributed by atoms with Gasteiger partial charge in [0.05, 0.1) is 30.4 Å². The highest BCUT2D eigenvalue weighted by Gasteiger charge is 2.27. The van der Waals surface area contributed by atoms with Gasteiger partial charge in [0, 0.05) is 24.0 Å². The number of thiazole rings is 1. The van der Waals surface area contributed by atoms with Crippen LogP contribution in [0.25, 0.3) is 10.6 Å². The molecular weight excluding hydrogens is 464 g/mol. The fourth-order valence-corrected chi connectivity index (χ4v) is 5.86. The van der Waals surface area contributed by atoms with Crippen molar-refractivity contribution in [3.05, 3.63) is 59.1 Å². The second-order valence-corrected chi connectivity index (χ2v) is 10.2. The molecule has 0 aliphatic carbocycles. The highest BCUT2D eigenvalue weighted by atomic mass is 32.2. The lowest BCUT2D eigenvalue weighted by atomic mass is 10.2. The minimum atomic E-state index is -3.51. The van der Waals surface area contributed by atoms with Gasteiger partial charge in [-0.15, -0.1) is 11.3 Å². The van der Waals surface area contributed by atoms with E-state index in [0.29, 0.717) is 30.3 Å². The van der Waals surface area contributed by atoms with Crippen molar-refractivity contribution >= 4 is 27.3 Å². The molecule has 33 heavy (non-hydrogen) atoms. The Morgan fingerprint density at radius 3 is 2.39 bits per heavy atom. The Morgan fingerprint density at radius 2 is 1.73 bits per heavy atom. The van der Waals surface area contributed by atoms with Gasteiger partial charge in [-0.3, -0.25) is 0 Å². The standard InChI is InChI=1S/C23H24N2O6S2/c1-29-20-10-7-17(13-21(20)30-2)22-24-18(15-32-22)14-31-23(26)16-5-8-19(9-6-16)33(27,28)25-11-3-4-12-25/h5-10,13,15H,3-4,11-12,14H2,1-2H3. The molecule has 2 heterocycles. The number of hydrogen-bond acceptors (Lipinski definition) is 8. The average molecular weight is 489 g/mol. The zero-order valence-electron chi connectivity index (χ0n) is 18.3. The van der Waals surface area contributed by atoms with Gasteiger partial charge in [-0.05, 0) is 55.3 Å². The van der Waals surface area contributed by atoms with E-state index in [4.69, 9.17) is 14.2 Å². The Labute approximate surface area is 196 Å². The van der Waals surface area contributed by atoms with Crippen molar-refractivity contribution in [1.29, 1.82) is 0 Å². The van der Waals surface area contributed by atoms with Crippen molar-refractivity contribution in [1.82, 2.24) is 9.29 Å². The number of nitrogens with zero attached hydrogens (tertiary/aromatic N) is 2. The Hall–Kier alpha value is -2.95. The van der Waals surface area contributed by atoms with E-state index in [1.54, 1.807) is 14.2 Å². The summed E-state index contributed by atoms with van der Waals surface area (Å²) in [6.45, 7) is 1.08. The maximum atomic E-state index is 12.6. The molecule has 0 atom stereocenters. The van der Waals surface area contributed by atoms with Gasteiger partial charge in [-0.25, -0.2) is 18.2 Å². The molecule has 3 aromatic rings. The highest BCUT2D eigenvalue weighted by molar-refractivity contribution is 7.89. The molecule has 0 amide bonds. The summed E-state index contributed by atoms with van der Waals surface area (Å²) >= 11 is 1.43. The van der Waals surface area contributed by atoms with Crippen molar-refractivity contribution in [3.8, 4) is 22.1 Å². The van der Waals surface area contributed by atoms with Crippen molar-refractivity contribution in [2.75, 3.05) is 27.3 Å². The number of methoxy groups -OCH3 is 2. The lowest BCUT2D eigenvalue weighted by Gasteiger charge is -2.15. The first kappa shape index (κ1) is 23.2. The largest absolute Gasteiger partial charge is 0.493 e. The van der Waals surface area contributed by atoms with Crippen LogP contribution in [0.3, 0.4) is 0 Å². The van der Waals surface area contributed by atoms with Crippen LogP contribution < -0.4 is 9.47 Å². The fourth-order valence-electron chi connectivity index (χ4n) is 3.54. The molecule has 0 bridgehead atoms. The second kappa shape index (κ2) is 9.90. The van der Waals surface area contributed by atoms with Crippen molar-refractivity contribution in [2.45, 2.75) is 24.3 Å². The van der Waals surface area contributed by atoms with Crippen LogP contribution in [0.15, 0.2) is 52.7 Å². The zero-order chi connectivity index (χ0) is 23.4. The molecule has 2 aromatic carbocycles. The Morgan fingerprint density at radius 1 is 1.03 bits per heavy atom. The molecule has 1 aliphatic rings. The third-order valence-corrected chi connectivity index (χ3v) is 8.18. The van der Waals surface area contributed by atoms with E-state index in [1.165, 1.54) is 39.9 Å². The van der Waals surface area contributed by atoms with Gasteiger partial charge in [0.25, 0.3) is 0 Å². The Kier molecular flexibility index (Phi) is 6.96. The van der Waals surface area contributed by atoms with E-state index in [9.17, 15) is 13.2 Å². The van der Waals surface area contributed by atoms with Crippen molar-refractivity contribution < 1.29 is 27.4 Å². The summed E-state index contributed by atoms with van der Waals surface area (Å²) in [4.78, 5) is 17.1. The number of sulfonamides is 1. The van der Waals surface area contributed by atoms with Crippen LogP contribution in [0.5, 0.6) is 11.5 Å². The van der Waals surface area contributed by atoms with Gasteiger partial charge >= 0.3 is 5.97 Å². The van der Waals surface area contributed by atoms with Crippen LogP contribution in [0.2, 0.25) is 0 Å². The van der Waals surface area contributed by atoms with Crippen LogP contribution in [0.1, 0.15) is 28.9 Å². The predicted molar refractivity (Wildman–Crippen MR) is 124 cm³/mol. The molecule has 0 unspecified atom stereocenters. The maximum absolute atomic E-state index is 12.6. The lowest BCUT2D eigenvalue weighted by Crippen LogP contribution is -2.27. The van der Waals surface area contributed by atoms with Crippen LogP contribution in [-0.4, -0.2) is 51.0 Å². The van der Waals surface area contributed by atoms with Gasteiger partial charge in [0.1, 0.15) is 11.6 Å². The third-order valence-electron chi connectivity index (χ3n) is 5.33. The highest BCUT2D eigenvalue weighted by Crippen LogP contribution is 2.33. The number of ether oxygens (including phenoxy) is 3. The molecule has 0 radical (unpaired) electrons. The second-order valence-electron chi connectivity index (χ2n) is 7.43. The number of rotatable bonds is 8. The van der Waals surface area contributed by atoms with Gasteiger partial charge in [0.15, 0.2) is 11.5 Å². The first-order valence-electron chi connectivity index (χ1n) is 10.4. The number of carbonyl (C=O) groups is 1. The van der Waals surface area contributed by atoms with Crippen LogP contribution >= 0.6 is 11.3 Å². The molecule has 0 spiro atoms. The first-order chi connectivity index (χ1) is 15.9. The molecule has 174 valence electrons. The van der Waals surface area contributed by atoms with Crippen LogP contribution in [0.4, 0.5) is 0 Å². The monoisotopic (exact) mass is 488 g/mol. The average Bonchev–Trinajstić information content (AvgIpc) is 3.55. The Balaban J connectivity index is 1.39. The molecule has 0 N–H and O–H groups in total. The van der Waals surface area contributed by atoms with Crippen LogP contribution in [-0.2, 0) is 21.4 Å². The summed E-state index contributed by atoms with van der Waals surface area (Å²) < 4.78 is 42.6. The molecule has 1 fully saturated rings. The SMILES string of the molecule is COc1ccc(-c2nc(COC(=O)c3ccc(S(=O)(=O)N4CCCC4)cc3)cs2)cc1OC. The van der Waals surface area contributed by atoms with E-state index in [1.807, 2.05) is 23.6 Å².